The first-order chi connectivity index (χ1) is 49.6. The summed E-state index contributed by atoms with van der Waals surface area (Å²) in [6.07, 6.45) is 0. The van der Waals surface area contributed by atoms with E-state index in [0.717, 1.165) is 0 Å². The summed E-state index contributed by atoms with van der Waals surface area (Å²) in [6.45, 7) is 11.2. The molecule has 24 rings (SSSR count). The van der Waals surface area contributed by atoms with Gasteiger partial charge in [-0.1, -0.05) is 285 Å². The number of rotatable bonds is 4. The summed E-state index contributed by atoms with van der Waals surface area (Å²) in [5.74, 6) is 0. The van der Waals surface area contributed by atoms with E-state index in [2.05, 4.69) is 320 Å². The third-order valence-corrected chi connectivity index (χ3v) is 24.3. The van der Waals surface area contributed by atoms with Gasteiger partial charge in [-0.25, -0.2) is 0 Å². The number of hydrogen-bond donors (Lipinski definition) is 0. The van der Waals surface area contributed by atoms with Gasteiger partial charge in [0.15, 0.2) is 0 Å². The van der Waals surface area contributed by atoms with Crippen molar-refractivity contribution in [3.05, 3.63) is 313 Å². The zero-order valence-electron chi connectivity index (χ0n) is 56.6. The summed E-state index contributed by atoms with van der Waals surface area (Å²) < 4.78 is 0. The number of benzene rings is 24. The minimum Gasteiger partial charge on any atom is -0.0581 e. The van der Waals surface area contributed by atoms with E-state index in [4.69, 9.17) is 0 Å². The minimum absolute atomic E-state index is 1.29. The lowest BCUT2D eigenvalue weighted by Crippen LogP contribution is -1.94. The SMILES string of the molecule is Cc1ccc2ccc3c(-c4ccc5ccc6ccc(-c7ccc8ccc9c(C)ccc%10ccc7c8c%109)c7ccc4c5c67)ccc4ccc1c2c43.Cc1ccc2ccc3ccc(-c4ccc5ccc6c(-c7ccc8ccc9ccc(C)c%10ccc7c8c9%10)cc(C)c7ccc4c5c76)c4ccc1c2c34. The van der Waals surface area contributed by atoms with Crippen LogP contribution in [0.1, 0.15) is 27.8 Å². The van der Waals surface area contributed by atoms with Crippen molar-refractivity contribution in [3.8, 4) is 44.5 Å². The van der Waals surface area contributed by atoms with E-state index in [-0.39, 0.29) is 0 Å². The van der Waals surface area contributed by atoms with Crippen LogP contribution in [0.4, 0.5) is 0 Å². The summed E-state index contributed by atoms with van der Waals surface area (Å²) in [5, 5.41) is 48.1. The fraction of sp³-hybridized carbons (Fsp3) is 0.0495. The highest BCUT2D eigenvalue weighted by molar-refractivity contribution is 6.36. The molecule has 0 heteroatoms. The van der Waals surface area contributed by atoms with Crippen LogP contribution in [-0.2, 0) is 0 Å². The van der Waals surface area contributed by atoms with Crippen LogP contribution >= 0.6 is 0 Å². The lowest BCUT2D eigenvalue weighted by Gasteiger charge is -2.21. The second-order valence-corrected chi connectivity index (χ2v) is 29.4. The third-order valence-electron chi connectivity index (χ3n) is 24.3. The van der Waals surface area contributed by atoms with Gasteiger partial charge in [-0.05, 0) is 301 Å². The van der Waals surface area contributed by atoms with E-state index in [9.17, 15) is 0 Å². The smallest absolute Gasteiger partial charge is 0.00177 e. The zero-order chi connectivity index (χ0) is 66.5. The van der Waals surface area contributed by atoms with Gasteiger partial charge in [-0.3, -0.25) is 0 Å². The van der Waals surface area contributed by atoms with E-state index < -0.39 is 0 Å². The van der Waals surface area contributed by atoms with Crippen molar-refractivity contribution in [1.29, 1.82) is 0 Å². The van der Waals surface area contributed by atoms with Gasteiger partial charge in [-0.15, -0.1) is 0 Å². The van der Waals surface area contributed by atoms with Crippen molar-refractivity contribution in [1.82, 2.24) is 0 Å². The van der Waals surface area contributed by atoms with Gasteiger partial charge >= 0.3 is 0 Å². The molecule has 0 heterocycles. The fourth-order valence-corrected chi connectivity index (χ4v) is 19.5. The fourth-order valence-electron chi connectivity index (χ4n) is 19.5. The molecule has 0 aliphatic heterocycles. The lowest BCUT2D eigenvalue weighted by molar-refractivity contribution is 1.54. The summed E-state index contributed by atoms with van der Waals surface area (Å²) >= 11 is 0. The molecule has 0 atom stereocenters. The maximum absolute atomic E-state index is 2.43. The molecule has 0 aliphatic carbocycles. The maximum atomic E-state index is 2.43. The molecule has 0 amide bonds. The molecule has 0 radical (unpaired) electrons. The normalized spacial score (nSPS) is 12.6. The lowest BCUT2D eigenvalue weighted by atomic mass is 9.83. The Morgan fingerprint density at radius 1 is 0.109 bits per heavy atom. The van der Waals surface area contributed by atoms with Crippen molar-refractivity contribution in [2.45, 2.75) is 34.6 Å². The molecule has 0 saturated heterocycles. The Morgan fingerprint density at radius 3 is 0.495 bits per heavy atom. The largest absolute Gasteiger partial charge is 0.0581 e. The molecule has 0 saturated carbocycles. The molecule has 0 nitrogen and oxygen atoms in total. The molecule has 0 spiro atoms. The summed E-state index contributed by atoms with van der Waals surface area (Å²) in [5.41, 5.74) is 17.0. The Bertz CT molecular complexity index is 7500. The van der Waals surface area contributed by atoms with Crippen molar-refractivity contribution >= 4 is 194 Å². The van der Waals surface area contributed by atoms with E-state index in [0.29, 0.717) is 0 Å². The monoisotopic (exact) mass is 1270 g/mol. The van der Waals surface area contributed by atoms with Crippen LogP contribution in [0.5, 0.6) is 0 Å². The molecule has 0 bridgehead atoms. The van der Waals surface area contributed by atoms with Crippen LogP contribution in [0.3, 0.4) is 0 Å². The van der Waals surface area contributed by atoms with E-state index in [1.54, 1.807) is 0 Å². The highest BCUT2D eigenvalue weighted by Gasteiger charge is 2.24. The van der Waals surface area contributed by atoms with Crippen LogP contribution in [0, 0.1) is 34.6 Å². The highest BCUT2D eigenvalue weighted by Crippen LogP contribution is 2.52. The molecule has 24 aromatic rings. The molecular formula is C101H62. The Labute approximate surface area is 582 Å². The summed E-state index contributed by atoms with van der Waals surface area (Å²) in [7, 11) is 0. The van der Waals surface area contributed by atoms with E-state index in [1.807, 2.05) is 0 Å². The number of aryl methyl sites for hydroxylation is 5. The van der Waals surface area contributed by atoms with Gasteiger partial charge < -0.3 is 0 Å². The second kappa shape index (κ2) is 19.9. The summed E-state index contributed by atoms with van der Waals surface area (Å²) in [4.78, 5) is 0. The third kappa shape index (κ3) is 7.38. The summed E-state index contributed by atoms with van der Waals surface area (Å²) in [6, 6.07) is 109. The predicted molar refractivity (Wildman–Crippen MR) is 441 cm³/mol. The Morgan fingerprint density at radius 2 is 0.248 bits per heavy atom. The quantitative estimate of drug-likeness (QED) is 0.154. The Hall–Kier alpha value is -12.5. The first-order valence-electron chi connectivity index (χ1n) is 35.8. The highest BCUT2D eigenvalue weighted by atomic mass is 14.3. The first kappa shape index (κ1) is 55.5. The topological polar surface area (TPSA) is 0 Å². The van der Waals surface area contributed by atoms with Crippen LogP contribution in [0.15, 0.2) is 285 Å². The van der Waals surface area contributed by atoms with Crippen LogP contribution in [-0.4, -0.2) is 0 Å². The molecule has 0 aromatic heterocycles. The van der Waals surface area contributed by atoms with Gasteiger partial charge in [0.25, 0.3) is 0 Å². The Balaban J connectivity index is 0.000000125. The molecular weight excluding hydrogens is 1210 g/mol. The predicted octanol–water partition coefficient (Wildman–Crippen LogP) is 29.0. The standard InChI is InChI=1S/C51H32.C50H30/c1-27-4-6-30-8-10-32-12-16-38(41-23-20-35(27)46(30)48(32)41)39-17-13-34-15-19-44-45(26-29(3)37-22-25-42(39)50(34)51(37)44)40-18-14-33-11-9-31-7-5-28(2)36-21-24-43(40)49(33)47(31)36;1-27-3-5-29-15-23-41-37(21-13-33-9-17-35(27)45(29)47(33)41)39-19-11-31-7-8-32-12-20-40(44-26-25-43(39)49(31)50(32)44)38-22-14-34-10-18-36-28(2)4-6-30-16-24-42(38)48(34)46(30)36/h4-26H,1-3H3;3-26H,1-2H3. The van der Waals surface area contributed by atoms with E-state index in [1.165, 1.54) is 266 Å². The van der Waals surface area contributed by atoms with Gasteiger partial charge in [0, 0.05) is 0 Å². The molecule has 0 fully saturated rings. The van der Waals surface area contributed by atoms with Crippen LogP contribution in [0.25, 0.3) is 238 Å². The van der Waals surface area contributed by atoms with Crippen LogP contribution in [0.2, 0.25) is 0 Å². The van der Waals surface area contributed by atoms with Gasteiger partial charge in [-0.2, -0.15) is 0 Å². The van der Waals surface area contributed by atoms with Crippen molar-refractivity contribution in [2.24, 2.45) is 0 Å². The molecule has 101 heavy (non-hydrogen) atoms. The minimum atomic E-state index is 1.29. The first-order valence-corrected chi connectivity index (χ1v) is 35.8. The zero-order valence-corrected chi connectivity index (χ0v) is 56.6. The van der Waals surface area contributed by atoms with Crippen molar-refractivity contribution in [3.63, 3.8) is 0 Å². The second-order valence-electron chi connectivity index (χ2n) is 29.4. The van der Waals surface area contributed by atoms with Gasteiger partial charge in [0.05, 0.1) is 0 Å². The Kier molecular flexibility index (Phi) is 10.9. The van der Waals surface area contributed by atoms with Crippen molar-refractivity contribution in [2.75, 3.05) is 0 Å². The molecule has 0 unspecified atom stereocenters. The molecule has 0 aliphatic rings. The van der Waals surface area contributed by atoms with Gasteiger partial charge in [0.1, 0.15) is 0 Å². The van der Waals surface area contributed by atoms with Crippen molar-refractivity contribution < 1.29 is 0 Å². The average Bonchev–Trinajstić information content (AvgIpc) is 0.712. The molecule has 24 aromatic carbocycles. The average molecular weight is 1280 g/mol. The van der Waals surface area contributed by atoms with E-state index >= 15 is 0 Å². The number of hydrogen-bond acceptors (Lipinski definition) is 0. The molecule has 0 N–H and O–H groups in total. The van der Waals surface area contributed by atoms with Crippen LogP contribution < -0.4 is 0 Å². The maximum Gasteiger partial charge on any atom is -0.00177 e. The van der Waals surface area contributed by atoms with Gasteiger partial charge in [0.2, 0.25) is 0 Å². The molecule has 466 valence electrons.